The molecular formula is C39H32F3N5O5. The molecule has 3 aliphatic rings. The lowest BCUT2D eigenvalue weighted by Gasteiger charge is -2.53. The number of para-hydroxylation sites is 1. The number of ether oxygens (including phenoxy) is 1. The second kappa shape index (κ2) is 13.3. The molecule has 0 atom stereocenters. The van der Waals surface area contributed by atoms with Gasteiger partial charge in [-0.15, -0.1) is 0 Å². The maximum Gasteiger partial charge on any atom is 0.291 e. The van der Waals surface area contributed by atoms with E-state index in [0.29, 0.717) is 33.8 Å². The molecule has 3 aromatic carbocycles. The minimum absolute atomic E-state index is 0.109. The zero-order valence-electron chi connectivity index (χ0n) is 27.8. The predicted octanol–water partition coefficient (Wildman–Crippen LogP) is 7.08. The van der Waals surface area contributed by atoms with E-state index >= 15 is 0 Å². The van der Waals surface area contributed by atoms with Crippen molar-refractivity contribution in [2.45, 2.75) is 19.3 Å². The number of anilines is 4. The van der Waals surface area contributed by atoms with Gasteiger partial charge in [0.1, 0.15) is 34.7 Å². The lowest BCUT2D eigenvalue weighted by atomic mass is 9.73. The number of benzene rings is 3. The fourth-order valence-corrected chi connectivity index (χ4v) is 7.14. The van der Waals surface area contributed by atoms with Crippen LogP contribution < -0.4 is 20.4 Å². The number of nitrogens with zero attached hydrogens (tertiary/aromatic N) is 3. The SMILES string of the molecule is O=C(Nc1c(F)cccc1F)c1cc2c(o1)-c1ccc(F)cc1N(C(=O)c1ccc(NC(=O)c3cccnc3N3CC4(CCOCC4)C3)cc1)CC2. The molecule has 0 unspecified atom stereocenters. The molecule has 10 nitrogen and oxygen atoms in total. The average Bonchev–Trinajstić information content (AvgIpc) is 3.51. The summed E-state index contributed by atoms with van der Waals surface area (Å²) >= 11 is 0. The highest BCUT2D eigenvalue weighted by Gasteiger charge is 2.45. The summed E-state index contributed by atoms with van der Waals surface area (Å²) in [5.41, 5.74) is 1.95. The molecule has 2 saturated heterocycles. The molecule has 0 radical (unpaired) electrons. The van der Waals surface area contributed by atoms with Gasteiger partial charge in [-0.1, -0.05) is 6.07 Å². The van der Waals surface area contributed by atoms with Crippen molar-refractivity contribution in [3.63, 3.8) is 0 Å². The van der Waals surface area contributed by atoms with E-state index in [-0.39, 0.29) is 41.5 Å². The standard InChI is InChI=1S/C39H32F3N5O5/c40-25-8-11-27-31(20-25)47(16-12-24-19-32(52-34(24)27)37(49)45-33-29(41)4-1-5-30(33)42)38(50)23-6-9-26(10-7-23)44-36(48)28-3-2-15-43-35(28)46-21-39(22-46)13-17-51-18-14-39/h1-11,15,19-20H,12-14,16-18,21-22H2,(H,44,48)(H,45,49). The molecule has 2 aromatic heterocycles. The van der Waals surface area contributed by atoms with E-state index in [2.05, 4.69) is 20.5 Å². The normalized spacial score (nSPS) is 16.0. The minimum Gasteiger partial charge on any atom is -0.451 e. The van der Waals surface area contributed by atoms with Crippen molar-refractivity contribution in [3.8, 4) is 11.3 Å². The molecule has 0 aliphatic carbocycles. The molecule has 8 rings (SSSR count). The molecule has 5 heterocycles. The number of hydrogen-bond acceptors (Lipinski definition) is 7. The number of amides is 3. The van der Waals surface area contributed by atoms with E-state index in [1.165, 1.54) is 35.2 Å². The van der Waals surface area contributed by atoms with Crippen molar-refractivity contribution in [2.75, 3.05) is 53.3 Å². The van der Waals surface area contributed by atoms with E-state index in [0.717, 1.165) is 51.3 Å². The molecule has 264 valence electrons. The first-order chi connectivity index (χ1) is 25.2. The average molecular weight is 708 g/mol. The molecule has 3 amide bonds. The number of halogens is 3. The third kappa shape index (κ3) is 6.17. The van der Waals surface area contributed by atoms with Crippen molar-refractivity contribution in [1.29, 1.82) is 0 Å². The van der Waals surface area contributed by atoms with E-state index in [1.807, 2.05) is 0 Å². The molecule has 0 bridgehead atoms. The van der Waals surface area contributed by atoms with E-state index in [9.17, 15) is 27.6 Å². The van der Waals surface area contributed by atoms with E-state index < -0.39 is 35.0 Å². The van der Waals surface area contributed by atoms with Crippen molar-refractivity contribution >= 4 is 40.6 Å². The Bertz CT molecular complexity index is 2190. The largest absolute Gasteiger partial charge is 0.451 e. The molecule has 2 N–H and O–H groups in total. The summed E-state index contributed by atoms with van der Waals surface area (Å²) in [7, 11) is 0. The molecule has 3 aliphatic heterocycles. The number of hydrogen-bond donors (Lipinski definition) is 2. The van der Waals surface area contributed by atoms with Crippen LogP contribution in [0, 0.1) is 22.9 Å². The predicted molar refractivity (Wildman–Crippen MR) is 187 cm³/mol. The van der Waals surface area contributed by atoms with Gasteiger partial charge >= 0.3 is 0 Å². The summed E-state index contributed by atoms with van der Waals surface area (Å²) in [5, 5.41) is 5.12. The Kier molecular flexibility index (Phi) is 8.50. The lowest BCUT2D eigenvalue weighted by molar-refractivity contribution is -0.000510. The van der Waals surface area contributed by atoms with Gasteiger partial charge < -0.3 is 29.6 Å². The van der Waals surface area contributed by atoms with Crippen LogP contribution in [0.2, 0.25) is 0 Å². The Hall–Kier alpha value is -5.95. The van der Waals surface area contributed by atoms with Crippen molar-refractivity contribution in [1.82, 2.24) is 4.98 Å². The Morgan fingerprint density at radius 3 is 2.33 bits per heavy atom. The van der Waals surface area contributed by atoms with Gasteiger partial charge in [0.25, 0.3) is 17.7 Å². The van der Waals surface area contributed by atoms with Gasteiger partial charge in [0, 0.05) is 66.8 Å². The maximum atomic E-state index is 14.6. The van der Waals surface area contributed by atoms with Crippen LogP contribution in [0.15, 0.2) is 89.5 Å². The topological polar surface area (TPSA) is 117 Å². The molecule has 2 fully saturated rings. The summed E-state index contributed by atoms with van der Waals surface area (Å²) in [6.07, 6.45) is 3.89. The van der Waals surface area contributed by atoms with Crippen LogP contribution in [0.3, 0.4) is 0 Å². The third-order valence-electron chi connectivity index (χ3n) is 9.91. The van der Waals surface area contributed by atoms with Gasteiger partial charge in [-0.05, 0) is 92.1 Å². The van der Waals surface area contributed by atoms with Crippen LogP contribution in [-0.2, 0) is 11.2 Å². The van der Waals surface area contributed by atoms with Gasteiger partial charge in [-0.25, -0.2) is 18.2 Å². The maximum absolute atomic E-state index is 14.6. The smallest absolute Gasteiger partial charge is 0.291 e. The van der Waals surface area contributed by atoms with Crippen LogP contribution in [-0.4, -0.2) is 55.6 Å². The quantitative estimate of drug-likeness (QED) is 0.194. The molecule has 0 saturated carbocycles. The van der Waals surface area contributed by atoms with Crippen LogP contribution in [0.25, 0.3) is 11.3 Å². The number of carbonyl (C=O) groups excluding carboxylic acids is 3. The highest BCUT2D eigenvalue weighted by atomic mass is 19.1. The Morgan fingerprint density at radius 1 is 0.827 bits per heavy atom. The van der Waals surface area contributed by atoms with Gasteiger partial charge in [0.2, 0.25) is 0 Å². The van der Waals surface area contributed by atoms with Crippen molar-refractivity contribution in [3.05, 3.63) is 125 Å². The minimum atomic E-state index is -0.944. The zero-order valence-corrected chi connectivity index (χ0v) is 27.8. The van der Waals surface area contributed by atoms with Gasteiger partial charge in [-0.2, -0.15) is 0 Å². The summed E-state index contributed by atoms with van der Waals surface area (Å²) in [4.78, 5) is 48.3. The summed E-state index contributed by atoms with van der Waals surface area (Å²) in [6, 6.07) is 18.4. The fourth-order valence-electron chi connectivity index (χ4n) is 7.14. The first-order valence-electron chi connectivity index (χ1n) is 16.9. The summed E-state index contributed by atoms with van der Waals surface area (Å²) in [5.74, 6) is -3.43. The monoisotopic (exact) mass is 707 g/mol. The number of fused-ring (bicyclic) bond motifs is 3. The Morgan fingerprint density at radius 2 is 1.58 bits per heavy atom. The van der Waals surface area contributed by atoms with Gasteiger partial charge in [0.15, 0.2) is 5.76 Å². The zero-order chi connectivity index (χ0) is 36.0. The second-order valence-electron chi connectivity index (χ2n) is 13.3. The lowest BCUT2D eigenvalue weighted by Crippen LogP contribution is -2.59. The van der Waals surface area contributed by atoms with Crippen LogP contribution in [0.4, 0.5) is 36.1 Å². The van der Waals surface area contributed by atoms with E-state index in [1.54, 1.807) is 42.6 Å². The van der Waals surface area contributed by atoms with Crippen LogP contribution in [0.5, 0.6) is 0 Å². The fraction of sp³-hybridized carbons (Fsp3) is 0.231. The van der Waals surface area contributed by atoms with Crippen LogP contribution >= 0.6 is 0 Å². The molecule has 5 aromatic rings. The number of carbonyl (C=O) groups is 3. The second-order valence-corrected chi connectivity index (χ2v) is 13.3. The van der Waals surface area contributed by atoms with Crippen molar-refractivity contribution in [2.24, 2.45) is 5.41 Å². The molecule has 13 heteroatoms. The highest BCUT2D eigenvalue weighted by Crippen LogP contribution is 2.43. The molecule has 52 heavy (non-hydrogen) atoms. The van der Waals surface area contributed by atoms with Crippen LogP contribution in [0.1, 0.15) is 49.7 Å². The Balaban J connectivity index is 0.984. The number of aromatic nitrogens is 1. The summed E-state index contributed by atoms with van der Waals surface area (Å²) in [6.45, 7) is 3.25. The first kappa shape index (κ1) is 33.2. The Labute approximate surface area is 296 Å². The van der Waals surface area contributed by atoms with Gasteiger partial charge in [-0.3, -0.25) is 14.4 Å². The third-order valence-corrected chi connectivity index (χ3v) is 9.91. The number of pyridine rings is 1. The van der Waals surface area contributed by atoms with E-state index in [4.69, 9.17) is 9.15 Å². The number of rotatable bonds is 6. The highest BCUT2D eigenvalue weighted by molar-refractivity contribution is 6.10. The van der Waals surface area contributed by atoms with Crippen molar-refractivity contribution < 1.29 is 36.7 Å². The first-order valence-corrected chi connectivity index (χ1v) is 16.9. The number of furan rings is 1. The number of nitrogens with one attached hydrogen (secondary N) is 2. The van der Waals surface area contributed by atoms with Gasteiger partial charge in [0.05, 0.1) is 11.3 Å². The molecule has 1 spiro atoms. The molecular weight excluding hydrogens is 675 g/mol. The summed E-state index contributed by atoms with van der Waals surface area (Å²) < 4.78 is 54.4.